The van der Waals surface area contributed by atoms with Gasteiger partial charge >= 0.3 is 0 Å². The maximum Gasteiger partial charge on any atom is 0.231 e. The van der Waals surface area contributed by atoms with Gasteiger partial charge in [0.15, 0.2) is 11.5 Å². The number of H-pyrrole nitrogens is 1. The van der Waals surface area contributed by atoms with Crippen LogP contribution in [-0.2, 0) is 4.79 Å². The molecule has 2 aromatic carbocycles. The Labute approximate surface area is 165 Å². The van der Waals surface area contributed by atoms with Gasteiger partial charge in [-0.1, -0.05) is 38.1 Å². The molecule has 1 aliphatic rings. The summed E-state index contributed by atoms with van der Waals surface area (Å²) in [6.07, 6.45) is 2.39. The first-order valence-electron chi connectivity index (χ1n) is 9.78. The van der Waals surface area contributed by atoms with Crippen molar-refractivity contribution in [2.75, 3.05) is 6.79 Å². The number of para-hydroxylation sites is 1. The number of fused-ring (bicyclic) bond motifs is 2. The summed E-state index contributed by atoms with van der Waals surface area (Å²) in [7, 11) is 0. The Hall–Kier alpha value is -2.95. The van der Waals surface area contributed by atoms with E-state index in [4.69, 9.17) is 9.47 Å². The number of aromatic nitrogens is 1. The van der Waals surface area contributed by atoms with Crippen LogP contribution in [0.5, 0.6) is 11.5 Å². The van der Waals surface area contributed by atoms with E-state index < -0.39 is 0 Å². The number of carbonyl (C=O) groups excluding carboxylic acids is 1. The van der Waals surface area contributed by atoms with E-state index in [-0.39, 0.29) is 24.7 Å². The van der Waals surface area contributed by atoms with Gasteiger partial charge in [-0.2, -0.15) is 0 Å². The van der Waals surface area contributed by atoms with Gasteiger partial charge in [-0.15, -0.1) is 0 Å². The van der Waals surface area contributed by atoms with E-state index in [9.17, 15) is 4.79 Å². The van der Waals surface area contributed by atoms with Crippen molar-refractivity contribution < 1.29 is 14.3 Å². The van der Waals surface area contributed by atoms with Gasteiger partial charge in [0.1, 0.15) is 0 Å². The second-order valence-electron chi connectivity index (χ2n) is 7.76. The maximum absolute atomic E-state index is 12.8. The molecule has 2 atom stereocenters. The number of hydrogen-bond donors (Lipinski definition) is 2. The van der Waals surface area contributed by atoms with Gasteiger partial charge in [-0.05, 0) is 42.2 Å². The molecule has 0 saturated carbocycles. The molecule has 2 unspecified atom stereocenters. The molecule has 3 aromatic rings. The molecule has 0 fully saturated rings. The Kier molecular flexibility index (Phi) is 4.99. The highest BCUT2D eigenvalue weighted by Gasteiger charge is 2.25. The van der Waals surface area contributed by atoms with Crippen LogP contribution in [0.1, 0.15) is 44.2 Å². The third-order valence-electron chi connectivity index (χ3n) is 5.57. The molecule has 2 heterocycles. The molecular weight excluding hydrogens is 352 g/mol. The predicted octanol–water partition coefficient (Wildman–Crippen LogP) is 4.58. The van der Waals surface area contributed by atoms with Crippen molar-refractivity contribution >= 4 is 16.8 Å². The molecule has 0 aliphatic carbocycles. The minimum absolute atomic E-state index is 0.0501. The van der Waals surface area contributed by atoms with Crippen LogP contribution in [0.3, 0.4) is 0 Å². The zero-order chi connectivity index (χ0) is 19.7. The van der Waals surface area contributed by atoms with E-state index in [2.05, 4.69) is 36.3 Å². The first-order valence-corrected chi connectivity index (χ1v) is 9.78. The van der Waals surface area contributed by atoms with Crippen molar-refractivity contribution in [3.05, 3.63) is 59.8 Å². The number of benzene rings is 2. The van der Waals surface area contributed by atoms with Crippen LogP contribution in [-0.4, -0.2) is 23.7 Å². The highest BCUT2D eigenvalue weighted by molar-refractivity contribution is 5.86. The fourth-order valence-corrected chi connectivity index (χ4v) is 3.58. The number of nitrogens with one attached hydrogen (secondary N) is 2. The molecule has 0 spiro atoms. The number of ether oxygens (including phenoxy) is 2. The topological polar surface area (TPSA) is 63.4 Å². The lowest BCUT2D eigenvalue weighted by molar-refractivity contribution is -0.122. The summed E-state index contributed by atoms with van der Waals surface area (Å²) in [5.74, 6) is 1.85. The molecule has 1 aromatic heterocycles. The first-order chi connectivity index (χ1) is 13.5. The SMILES string of the molecule is CC(C)C(C)NC(=O)CC(c1ccc2c(c1)OCO2)c1c[nH]c2ccccc12. The average molecular weight is 378 g/mol. The summed E-state index contributed by atoms with van der Waals surface area (Å²) >= 11 is 0. The molecular formula is C23H26N2O3. The molecule has 0 bridgehead atoms. The minimum atomic E-state index is -0.0787. The summed E-state index contributed by atoms with van der Waals surface area (Å²) in [5.41, 5.74) is 3.22. The van der Waals surface area contributed by atoms with Gasteiger partial charge in [-0.3, -0.25) is 4.79 Å². The van der Waals surface area contributed by atoms with Gasteiger partial charge in [0.25, 0.3) is 0 Å². The van der Waals surface area contributed by atoms with Crippen LogP contribution < -0.4 is 14.8 Å². The van der Waals surface area contributed by atoms with Gasteiger partial charge in [0.05, 0.1) is 0 Å². The van der Waals surface area contributed by atoms with Crippen LogP contribution in [0, 0.1) is 5.92 Å². The summed E-state index contributed by atoms with van der Waals surface area (Å²) in [5, 5.41) is 4.27. The molecule has 1 amide bonds. The molecule has 2 N–H and O–H groups in total. The highest BCUT2D eigenvalue weighted by atomic mass is 16.7. The molecule has 28 heavy (non-hydrogen) atoms. The van der Waals surface area contributed by atoms with Crippen molar-refractivity contribution in [1.82, 2.24) is 10.3 Å². The summed E-state index contributed by atoms with van der Waals surface area (Å²) in [6, 6.07) is 14.3. The molecule has 146 valence electrons. The van der Waals surface area contributed by atoms with Crippen molar-refractivity contribution in [3.8, 4) is 11.5 Å². The normalized spacial score (nSPS) is 15.0. The third-order valence-corrected chi connectivity index (χ3v) is 5.57. The largest absolute Gasteiger partial charge is 0.454 e. The Morgan fingerprint density at radius 2 is 1.89 bits per heavy atom. The highest BCUT2D eigenvalue weighted by Crippen LogP contribution is 2.39. The van der Waals surface area contributed by atoms with E-state index in [0.717, 1.165) is 33.5 Å². The fourth-order valence-electron chi connectivity index (χ4n) is 3.58. The smallest absolute Gasteiger partial charge is 0.231 e. The van der Waals surface area contributed by atoms with E-state index in [1.54, 1.807) is 0 Å². The second kappa shape index (κ2) is 7.58. The van der Waals surface area contributed by atoms with Crippen molar-refractivity contribution in [2.45, 2.75) is 39.2 Å². The van der Waals surface area contributed by atoms with Crippen LogP contribution in [0.25, 0.3) is 10.9 Å². The zero-order valence-corrected chi connectivity index (χ0v) is 16.5. The van der Waals surface area contributed by atoms with E-state index >= 15 is 0 Å². The Morgan fingerprint density at radius 1 is 1.11 bits per heavy atom. The van der Waals surface area contributed by atoms with Crippen molar-refractivity contribution in [1.29, 1.82) is 0 Å². The van der Waals surface area contributed by atoms with Crippen molar-refractivity contribution in [3.63, 3.8) is 0 Å². The first kappa shape index (κ1) is 18.4. The number of amides is 1. The molecule has 5 heteroatoms. The summed E-state index contributed by atoms with van der Waals surface area (Å²) in [4.78, 5) is 16.2. The fraction of sp³-hybridized carbons (Fsp3) is 0.348. The van der Waals surface area contributed by atoms with Gasteiger partial charge in [0, 0.05) is 35.5 Å². The number of rotatable bonds is 6. The number of carbonyl (C=O) groups is 1. The summed E-state index contributed by atoms with van der Waals surface area (Å²) < 4.78 is 11.0. The second-order valence-corrected chi connectivity index (χ2v) is 7.76. The predicted molar refractivity (Wildman–Crippen MR) is 110 cm³/mol. The van der Waals surface area contributed by atoms with Crippen LogP contribution in [0.2, 0.25) is 0 Å². The Balaban J connectivity index is 1.70. The van der Waals surface area contributed by atoms with Gasteiger partial charge < -0.3 is 19.8 Å². The van der Waals surface area contributed by atoms with E-state index in [0.29, 0.717) is 12.3 Å². The lowest BCUT2D eigenvalue weighted by atomic mass is 9.87. The van der Waals surface area contributed by atoms with Crippen LogP contribution >= 0.6 is 0 Å². The molecule has 1 aliphatic heterocycles. The average Bonchev–Trinajstić information content (AvgIpc) is 3.32. The molecule has 0 radical (unpaired) electrons. The number of hydrogen-bond acceptors (Lipinski definition) is 3. The maximum atomic E-state index is 12.8. The van der Waals surface area contributed by atoms with Crippen LogP contribution in [0.4, 0.5) is 0 Å². The number of aromatic amines is 1. The van der Waals surface area contributed by atoms with E-state index in [1.807, 2.05) is 43.5 Å². The standard InChI is InChI=1S/C23H26N2O3/c1-14(2)15(3)25-23(26)11-18(16-8-9-21-22(10-16)28-13-27-21)19-12-24-20-7-5-4-6-17(19)20/h4-10,12,14-15,18,24H,11,13H2,1-3H3,(H,25,26). The Morgan fingerprint density at radius 3 is 2.71 bits per heavy atom. The lowest BCUT2D eigenvalue weighted by Gasteiger charge is -2.21. The lowest BCUT2D eigenvalue weighted by Crippen LogP contribution is -2.36. The molecule has 0 saturated heterocycles. The van der Waals surface area contributed by atoms with E-state index in [1.165, 1.54) is 0 Å². The third kappa shape index (κ3) is 3.57. The Bertz CT molecular complexity index is 992. The van der Waals surface area contributed by atoms with Gasteiger partial charge in [0.2, 0.25) is 12.7 Å². The monoisotopic (exact) mass is 378 g/mol. The quantitative estimate of drug-likeness (QED) is 0.660. The van der Waals surface area contributed by atoms with Gasteiger partial charge in [-0.25, -0.2) is 0 Å². The molecule has 4 rings (SSSR count). The zero-order valence-electron chi connectivity index (χ0n) is 16.5. The minimum Gasteiger partial charge on any atom is -0.454 e. The van der Waals surface area contributed by atoms with Crippen molar-refractivity contribution in [2.24, 2.45) is 5.92 Å². The van der Waals surface area contributed by atoms with Crippen LogP contribution in [0.15, 0.2) is 48.7 Å². The summed E-state index contributed by atoms with van der Waals surface area (Å²) in [6.45, 7) is 6.51. The molecule has 5 nitrogen and oxygen atoms in total.